The number of carbonyl (C=O) groups excluding carboxylic acids is 2. The minimum Gasteiger partial charge on any atom is -0.507 e. The molecule has 1 aliphatic heterocycles. The Balaban J connectivity index is 1.82. The fourth-order valence-electron chi connectivity index (χ4n) is 4.70. The van der Waals surface area contributed by atoms with Gasteiger partial charge in [-0.1, -0.05) is 50.1 Å². The summed E-state index contributed by atoms with van der Waals surface area (Å²) < 4.78 is 14.8. The number of nitrogens with zero attached hydrogens (tertiary/aromatic N) is 1. The second-order valence-electron chi connectivity index (χ2n) is 8.41. The van der Waals surface area contributed by atoms with Gasteiger partial charge in [-0.3, -0.25) is 9.59 Å². The first kappa shape index (κ1) is 21.3. The predicted molar refractivity (Wildman–Crippen MR) is 118 cm³/mol. The van der Waals surface area contributed by atoms with Crippen LogP contribution in [0.4, 0.5) is 4.39 Å². The minimum absolute atomic E-state index is 0.0256. The summed E-state index contributed by atoms with van der Waals surface area (Å²) in [5, 5.41) is 11.2. The molecule has 0 saturated carbocycles. The number of ketones is 1. The number of hydrogen-bond acceptors (Lipinski definition) is 3. The molecule has 31 heavy (non-hydrogen) atoms. The van der Waals surface area contributed by atoms with Crippen LogP contribution < -0.4 is 0 Å². The van der Waals surface area contributed by atoms with Crippen molar-refractivity contribution in [1.82, 2.24) is 4.90 Å². The van der Waals surface area contributed by atoms with Gasteiger partial charge in [0.1, 0.15) is 11.6 Å². The zero-order chi connectivity index (χ0) is 22.0. The SMILES string of the molecule is CCCCCN1C(=O)C(=O)/C(=C(/O)c2ccc3c(c2)CCCC3)C1c1ccccc1F. The highest BCUT2D eigenvalue weighted by atomic mass is 19.1. The Morgan fingerprint density at radius 2 is 1.81 bits per heavy atom. The lowest BCUT2D eigenvalue weighted by molar-refractivity contribution is -0.139. The summed E-state index contributed by atoms with van der Waals surface area (Å²) in [7, 11) is 0. The normalized spacial score (nSPS) is 20.2. The van der Waals surface area contributed by atoms with Crippen molar-refractivity contribution in [3.8, 4) is 0 Å². The Labute approximate surface area is 182 Å². The van der Waals surface area contributed by atoms with Gasteiger partial charge in [0.15, 0.2) is 0 Å². The average Bonchev–Trinajstić information content (AvgIpc) is 3.03. The molecule has 1 N–H and O–H groups in total. The van der Waals surface area contributed by atoms with Crippen molar-refractivity contribution >= 4 is 17.4 Å². The van der Waals surface area contributed by atoms with Crippen LogP contribution in [-0.2, 0) is 22.4 Å². The largest absolute Gasteiger partial charge is 0.507 e. The molecule has 1 unspecified atom stereocenters. The first-order valence-corrected chi connectivity index (χ1v) is 11.2. The van der Waals surface area contributed by atoms with Crippen molar-refractivity contribution in [2.45, 2.75) is 57.9 Å². The molecule has 1 fully saturated rings. The number of Topliss-reactive ketones (excluding diaryl/α,β-unsaturated/α-hetero) is 1. The van der Waals surface area contributed by atoms with Gasteiger partial charge >= 0.3 is 0 Å². The van der Waals surface area contributed by atoms with E-state index in [2.05, 4.69) is 6.92 Å². The molecule has 0 aromatic heterocycles. The number of carbonyl (C=O) groups is 2. The monoisotopic (exact) mass is 421 g/mol. The Kier molecular flexibility index (Phi) is 6.21. The molecule has 0 bridgehead atoms. The number of hydrogen-bond donors (Lipinski definition) is 1. The number of aliphatic hydroxyl groups excluding tert-OH is 1. The van der Waals surface area contributed by atoms with Gasteiger partial charge in [-0.25, -0.2) is 4.39 Å². The van der Waals surface area contributed by atoms with Crippen LogP contribution in [0.25, 0.3) is 5.76 Å². The molecule has 1 atom stereocenters. The predicted octanol–water partition coefficient (Wildman–Crippen LogP) is 5.32. The van der Waals surface area contributed by atoms with Crippen LogP contribution in [0.3, 0.4) is 0 Å². The highest BCUT2D eigenvalue weighted by Crippen LogP contribution is 2.40. The van der Waals surface area contributed by atoms with Crippen molar-refractivity contribution in [3.63, 3.8) is 0 Å². The number of unbranched alkanes of at least 4 members (excludes halogenated alkanes) is 2. The first-order valence-electron chi connectivity index (χ1n) is 11.2. The molecule has 4 nitrogen and oxygen atoms in total. The van der Waals surface area contributed by atoms with Crippen molar-refractivity contribution in [2.75, 3.05) is 6.54 Å². The van der Waals surface area contributed by atoms with E-state index < -0.39 is 23.5 Å². The molecule has 0 radical (unpaired) electrons. The van der Waals surface area contributed by atoms with Crippen LogP contribution in [0.1, 0.15) is 67.3 Å². The van der Waals surface area contributed by atoms with Crippen LogP contribution in [0, 0.1) is 5.82 Å². The molecule has 1 aliphatic carbocycles. The maximum Gasteiger partial charge on any atom is 0.295 e. The quantitative estimate of drug-likeness (QED) is 0.297. The number of benzene rings is 2. The van der Waals surface area contributed by atoms with Crippen molar-refractivity contribution in [2.24, 2.45) is 0 Å². The third-order valence-corrected chi connectivity index (χ3v) is 6.36. The Morgan fingerprint density at radius 3 is 2.55 bits per heavy atom. The van der Waals surface area contributed by atoms with Gasteiger partial charge in [-0.15, -0.1) is 0 Å². The standard InChI is InChI=1S/C26H28FNO3/c1-2-3-8-15-28-23(20-11-6-7-12-21(20)27)22(25(30)26(28)31)24(29)19-14-13-17-9-4-5-10-18(17)16-19/h6-7,11-14,16,23,29H,2-5,8-10,15H2,1H3/b24-22+. The van der Waals surface area contributed by atoms with Crippen molar-refractivity contribution in [1.29, 1.82) is 0 Å². The maximum atomic E-state index is 14.8. The lowest BCUT2D eigenvalue weighted by Crippen LogP contribution is -2.31. The molecule has 1 amide bonds. The molecular formula is C26H28FNO3. The zero-order valence-electron chi connectivity index (χ0n) is 17.9. The summed E-state index contributed by atoms with van der Waals surface area (Å²) in [6, 6.07) is 10.9. The van der Waals surface area contributed by atoms with E-state index in [1.54, 1.807) is 24.3 Å². The Morgan fingerprint density at radius 1 is 1.06 bits per heavy atom. The number of fused-ring (bicyclic) bond motifs is 1. The van der Waals surface area contributed by atoms with Crippen molar-refractivity contribution < 1.29 is 19.1 Å². The van der Waals surface area contributed by atoms with E-state index in [-0.39, 0.29) is 16.9 Å². The van der Waals surface area contributed by atoms with Crippen LogP contribution in [0.5, 0.6) is 0 Å². The summed E-state index contributed by atoms with van der Waals surface area (Å²) in [5.41, 5.74) is 3.14. The summed E-state index contributed by atoms with van der Waals surface area (Å²) in [6.45, 7) is 2.40. The molecule has 2 aliphatic rings. The van der Waals surface area contributed by atoms with E-state index >= 15 is 0 Å². The Hall–Kier alpha value is -2.95. The number of rotatable bonds is 6. The fraction of sp³-hybridized carbons (Fsp3) is 0.385. The molecule has 0 spiro atoms. The smallest absolute Gasteiger partial charge is 0.295 e. The van der Waals surface area contributed by atoms with E-state index in [1.165, 1.54) is 16.5 Å². The first-order chi connectivity index (χ1) is 15.0. The highest BCUT2D eigenvalue weighted by molar-refractivity contribution is 6.46. The molecule has 162 valence electrons. The van der Waals surface area contributed by atoms with E-state index in [4.69, 9.17) is 0 Å². The molecule has 1 heterocycles. The molecular weight excluding hydrogens is 393 g/mol. The summed E-state index contributed by atoms with van der Waals surface area (Å²) in [5.74, 6) is -2.15. The summed E-state index contributed by atoms with van der Waals surface area (Å²) >= 11 is 0. The number of aliphatic hydroxyl groups is 1. The van der Waals surface area contributed by atoms with E-state index in [0.717, 1.165) is 44.1 Å². The lowest BCUT2D eigenvalue weighted by atomic mass is 9.88. The second-order valence-corrected chi connectivity index (χ2v) is 8.41. The fourth-order valence-corrected chi connectivity index (χ4v) is 4.70. The topological polar surface area (TPSA) is 57.6 Å². The lowest BCUT2D eigenvalue weighted by Gasteiger charge is -2.25. The van der Waals surface area contributed by atoms with Crippen LogP contribution in [-0.4, -0.2) is 28.2 Å². The molecule has 4 rings (SSSR count). The van der Waals surface area contributed by atoms with E-state index in [0.29, 0.717) is 18.5 Å². The van der Waals surface area contributed by atoms with Gasteiger partial charge in [-0.05, 0) is 55.4 Å². The van der Waals surface area contributed by atoms with Gasteiger partial charge < -0.3 is 10.0 Å². The molecule has 5 heteroatoms. The summed E-state index contributed by atoms with van der Waals surface area (Å²) in [6.07, 6.45) is 6.75. The van der Waals surface area contributed by atoms with E-state index in [9.17, 15) is 19.1 Å². The number of amides is 1. The average molecular weight is 422 g/mol. The zero-order valence-corrected chi connectivity index (χ0v) is 17.9. The molecule has 1 saturated heterocycles. The summed E-state index contributed by atoms with van der Waals surface area (Å²) in [4.78, 5) is 27.3. The van der Waals surface area contributed by atoms with E-state index in [1.807, 2.05) is 12.1 Å². The minimum atomic E-state index is -0.922. The third-order valence-electron chi connectivity index (χ3n) is 6.36. The van der Waals surface area contributed by atoms with Gasteiger partial charge in [0.05, 0.1) is 11.6 Å². The van der Waals surface area contributed by atoms with Gasteiger partial charge in [-0.2, -0.15) is 0 Å². The number of likely N-dealkylation sites (tertiary alicyclic amines) is 1. The van der Waals surface area contributed by atoms with Crippen molar-refractivity contribution in [3.05, 3.63) is 76.1 Å². The Bertz CT molecular complexity index is 1040. The maximum absolute atomic E-state index is 14.8. The van der Waals surface area contributed by atoms with Gasteiger partial charge in [0.2, 0.25) is 0 Å². The van der Waals surface area contributed by atoms with Crippen LogP contribution >= 0.6 is 0 Å². The van der Waals surface area contributed by atoms with Gasteiger partial charge in [0.25, 0.3) is 11.7 Å². The number of halogens is 1. The highest BCUT2D eigenvalue weighted by Gasteiger charge is 2.46. The van der Waals surface area contributed by atoms with Crippen LogP contribution in [0.2, 0.25) is 0 Å². The second kappa shape index (κ2) is 9.04. The third kappa shape index (κ3) is 4.01. The molecule has 2 aromatic rings. The van der Waals surface area contributed by atoms with Gasteiger partial charge in [0, 0.05) is 17.7 Å². The number of aryl methyl sites for hydroxylation is 2. The molecule has 2 aromatic carbocycles. The van der Waals surface area contributed by atoms with Crippen LogP contribution in [0.15, 0.2) is 48.0 Å².